The number of benzene rings is 1. The fourth-order valence-corrected chi connectivity index (χ4v) is 5.80. The Balaban J connectivity index is 1.61. The van der Waals surface area contributed by atoms with Crippen molar-refractivity contribution in [2.45, 2.75) is 50.7 Å². The van der Waals surface area contributed by atoms with Crippen LogP contribution in [0, 0.1) is 0 Å². The lowest BCUT2D eigenvalue weighted by Crippen LogP contribution is -1.93. The van der Waals surface area contributed by atoms with Gasteiger partial charge >= 0.3 is 0 Å². The standard InChI is InChI=1S/C20H26OS2/c1-3-4-5-6-7-8-12-22-20-18-14-15(21-2)9-10-16(18)17-11-13-23-19(17)20/h9-11,13-14,20H,3-8,12H2,1-2H3. The van der Waals surface area contributed by atoms with Crippen molar-refractivity contribution in [2.75, 3.05) is 12.9 Å². The van der Waals surface area contributed by atoms with Crippen molar-refractivity contribution in [3.63, 3.8) is 0 Å². The molecule has 124 valence electrons. The molecule has 0 bridgehead atoms. The number of fused-ring (bicyclic) bond motifs is 3. The van der Waals surface area contributed by atoms with E-state index in [2.05, 4.69) is 48.3 Å². The largest absolute Gasteiger partial charge is 0.497 e. The van der Waals surface area contributed by atoms with Gasteiger partial charge in [0.2, 0.25) is 0 Å². The van der Waals surface area contributed by atoms with Crippen LogP contribution in [0.2, 0.25) is 0 Å². The zero-order chi connectivity index (χ0) is 16.1. The Morgan fingerprint density at radius 2 is 1.87 bits per heavy atom. The molecule has 2 aromatic rings. The van der Waals surface area contributed by atoms with Crippen LogP contribution >= 0.6 is 23.1 Å². The van der Waals surface area contributed by atoms with Gasteiger partial charge in [-0.15, -0.1) is 23.1 Å². The molecule has 1 aliphatic carbocycles. The number of thioether (sulfide) groups is 1. The van der Waals surface area contributed by atoms with Crippen molar-refractivity contribution in [1.82, 2.24) is 0 Å². The lowest BCUT2D eigenvalue weighted by atomic mass is 10.1. The average molecular weight is 347 g/mol. The summed E-state index contributed by atoms with van der Waals surface area (Å²) >= 11 is 4.02. The first-order chi connectivity index (χ1) is 11.3. The minimum atomic E-state index is 0.505. The second-order valence-electron chi connectivity index (χ2n) is 6.17. The summed E-state index contributed by atoms with van der Waals surface area (Å²) in [4.78, 5) is 1.53. The summed E-state index contributed by atoms with van der Waals surface area (Å²) in [5, 5.41) is 2.74. The summed E-state index contributed by atoms with van der Waals surface area (Å²) in [6.45, 7) is 2.28. The van der Waals surface area contributed by atoms with Crippen LogP contribution in [0.1, 0.15) is 61.1 Å². The van der Waals surface area contributed by atoms with Crippen LogP contribution in [0.5, 0.6) is 5.75 Å². The molecule has 0 spiro atoms. The Kier molecular flexibility index (Phi) is 6.07. The molecule has 1 nitrogen and oxygen atoms in total. The molecule has 1 aromatic carbocycles. The van der Waals surface area contributed by atoms with Crippen molar-refractivity contribution >= 4 is 23.1 Å². The van der Waals surface area contributed by atoms with E-state index in [1.165, 1.54) is 65.8 Å². The van der Waals surface area contributed by atoms with E-state index in [0.29, 0.717) is 5.25 Å². The van der Waals surface area contributed by atoms with Crippen molar-refractivity contribution in [1.29, 1.82) is 0 Å². The van der Waals surface area contributed by atoms with Crippen LogP contribution in [-0.4, -0.2) is 12.9 Å². The number of methoxy groups -OCH3 is 1. The highest BCUT2D eigenvalue weighted by Gasteiger charge is 2.30. The minimum Gasteiger partial charge on any atom is -0.497 e. The fraction of sp³-hybridized carbons (Fsp3) is 0.500. The van der Waals surface area contributed by atoms with E-state index in [1.807, 2.05) is 11.3 Å². The highest BCUT2D eigenvalue weighted by atomic mass is 32.2. The van der Waals surface area contributed by atoms with E-state index < -0.39 is 0 Å². The number of ether oxygens (including phenoxy) is 1. The molecule has 1 atom stereocenters. The molecule has 1 aliphatic rings. The molecule has 0 saturated heterocycles. The zero-order valence-electron chi connectivity index (χ0n) is 14.1. The van der Waals surface area contributed by atoms with Crippen molar-refractivity contribution in [2.24, 2.45) is 0 Å². The summed E-state index contributed by atoms with van der Waals surface area (Å²) in [5.41, 5.74) is 4.29. The van der Waals surface area contributed by atoms with Gasteiger partial charge in [0.25, 0.3) is 0 Å². The van der Waals surface area contributed by atoms with E-state index in [4.69, 9.17) is 4.74 Å². The van der Waals surface area contributed by atoms with Crippen LogP contribution in [-0.2, 0) is 0 Å². The average Bonchev–Trinajstić information content (AvgIpc) is 3.15. The normalized spacial score (nSPS) is 15.5. The van der Waals surface area contributed by atoms with Crippen molar-refractivity contribution in [3.05, 3.63) is 40.1 Å². The van der Waals surface area contributed by atoms with Gasteiger partial charge in [-0.1, -0.05) is 45.1 Å². The Bertz CT molecular complexity index is 632. The first kappa shape index (κ1) is 16.9. The van der Waals surface area contributed by atoms with E-state index >= 15 is 0 Å². The predicted octanol–water partition coefficient (Wildman–Crippen LogP) is 6.92. The third-order valence-corrected chi connectivity index (χ3v) is 7.03. The highest BCUT2D eigenvalue weighted by Crippen LogP contribution is 2.53. The molecule has 23 heavy (non-hydrogen) atoms. The van der Waals surface area contributed by atoms with Crippen LogP contribution in [0.15, 0.2) is 29.6 Å². The molecule has 0 N–H and O–H groups in total. The number of thiophene rings is 1. The molecule has 3 heteroatoms. The van der Waals surface area contributed by atoms with Crippen LogP contribution in [0.25, 0.3) is 11.1 Å². The van der Waals surface area contributed by atoms with Gasteiger partial charge < -0.3 is 4.74 Å². The summed E-state index contributed by atoms with van der Waals surface area (Å²) in [6.07, 6.45) is 8.23. The van der Waals surface area contributed by atoms with Gasteiger partial charge in [0.05, 0.1) is 12.4 Å². The maximum atomic E-state index is 5.44. The van der Waals surface area contributed by atoms with Gasteiger partial charge in [-0.25, -0.2) is 0 Å². The Morgan fingerprint density at radius 1 is 1.04 bits per heavy atom. The molecule has 1 aromatic heterocycles. The molecule has 0 saturated carbocycles. The quantitative estimate of drug-likeness (QED) is 0.456. The van der Waals surface area contributed by atoms with Gasteiger partial charge in [0, 0.05) is 4.88 Å². The molecule has 0 radical (unpaired) electrons. The maximum absolute atomic E-state index is 5.44. The Hall–Kier alpha value is -0.930. The van der Waals surface area contributed by atoms with Crippen molar-refractivity contribution in [3.8, 4) is 16.9 Å². The van der Waals surface area contributed by atoms with Crippen LogP contribution < -0.4 is 4.74 Å². The molecule has 1 unspecified atom stereocenters. The Labute approximate surface area is 148 Å². The first-order valence-electron chi connectivity index (χ1n) is 8.72. The summed E-state index contributed by atoms with van der Waals surface area (Å²) in [6, 6.07) is 8.82. The maximum Gasteiger partial charge on any atom is 0.119 e. The zero-order valence-corrected chi connectivity index (χ0v) is 15.8. The summed E-state index contributed by atoms with van der Waals surface area (Å²) in [5.74, 6) is 2.23. The first-order valence-corrected chi connectivity index (χ1v) is 10.6. The summed E-state index contributed by atoms with van der Waals surface area (Å²) in [7, 11) is 1.75. The third-order valence-electron chi connectivity index (χ3n) is 4.55. The molecule has 1 heterocycles. The van der Waals surface area contributed by atoms with E-state index in [-0.39, 0.29) is 0 Å². The molecular formula is C20H26OS2. The van der Waals surface area contributed by atoms with E-state index in [0.717, 1.165) is 5.75 Å². The molecule has 0 amide bonds. The number of hydrogen-bond acceptors (Lipinski definition) is 3. The number of hydrogen-bond donors (Lipinski definition) is 0. The lowest BCUT2D eigenvalue weighted by Gasteiger charge is -2.13. The van der Waals surface area contributed by atoms with Gasteiger partial charge in [-0.05, 0) is 52.4 Å². The molecule has 0 fully saturated rings. The third kappa shape index (κ3) is 3.77. The second-order valence-corrected chi connectivity index (χ2v) is 8.33. The van der Waals surface area contributed by atoms with E-state index in [9.17, 15) is 0 Å². The number of unbranched alkanes of at least 4 members (excludes halogenated alkanes) is 5. The Morgan fingerprint density at radius 3 is 2.70 bits per heavy atom. The number of rotatable bonds is 9. The van der Waals surface area contributed by atoms with Gasteiger partial charge in [-0.2, -0.15) is 0 Å². The van der Waals surface area contributed by atoms with Crippen molar-refractivity contribution < 1.29 is 4.74 Å². The lowest BCUT2D eigenvalue weighted by molar-refractivity contribution is 0.414. The van der Waals surface area contributed by atoms with E-state index in [1.54, 1.807) is 7.11 Å². The molecule has 0 aliphatic heterocycles. The van der Waals surface area contributed by atoms with Crippen LogP contribution in [0.3, 0.4) is 0 Å². The smallest absolute Gasteiger partial charge is 0.119 e. The van der Waals surface area contributed by atoms with Gasteiger partial charge in [-0.3, -0.25) is 0 Å². The molecule has 3 rings (SSSR count). The van der Waals surface area contributed by atoms with Gasteiger partial charge in [0.1, 0.15) is 5.75 Å². The van der Waals surface area contributed by atoms with Gasteiger partial charge in [0.15, 0.2) is 0 Å². The monoisotopic (exact) mass is 346 g/mol. The highest BCUT2D eigenvalue weighted by molar-refractivity contribution is 7.99. The fourth-order valence-electron chi connectivity index (χ4n) is 3.27. The topological polar surface area (TPSA) is 9.23 Å². The second kappa shape index (κ2) is 8.25. The van der Waals surface area contributed by atoms with Crippen LogP contribution in [0.4, 0.5) is 0 Å². The minimum absolute atomic E-state index is 0.505. The summed E-state index contributed by atoms with van der Waals surface area (Å²) < 4.78 is 5.44. The molecular weight excluding hydrogens is 320 g/mol. The SMILES string of the molecule is CCCCCCCCSC1c2cc(OC)ccc2-c2ccsc21. The predicted molar refractivity (Wildman–Crippen MR) is 104 cm³/mol.